The van der Waals surface area contributed by atoms with Crippen LogP contribution in [0, 0.1) is 6.92 Å². The van der Waals surface area contributed by atoms with Crippen molar-refractivity contribution in [3.05, 3.63) is 29.1 Å². The SMILES string of the molecule is CC.Cc1ccnc2c1C1CCCN1CC2. The smallest absolute Gasteiger partial charge is 0.0466 e. The summed E-state index contributed by atoms with van der Waals surface area (Å²) in [5, 5.41) is 0. The lowest BCUT2D eigenvalue weighted by molar-refractivity contribution is 0.240. The molecule has 2 aliphatic heterocycles. The third-order valence-corrected chi connectivity index (χ3v) is 3.62. The molecule has 0 bridgehead atoms. The van der Waals surface area contributed by atoms with E-state index >= 15 is 0 Å². The van der Waals surface area contributed by atoms with Gasteiger partial charge in [0.05, 0.1) is 0 Å². The predicted octanol–water partition coefficient (Wildman–Crippen LogP) is 3.11. The molecule has 1 unspecified atom stereocenters. The second-order valence-corrected chi connectivity index (χ2v) is 4.43. The van der Waals surface area contributed by atoms with Crippen LogP contribution in [0.5, 0.6) is 0 Å². The number of pyridine rings is 1. The Balaban J connectivity index is 0.000000457. The molecule has 0 aliphatic carbocycles. The number of aryl methyl sites for hydroxylation is 1. The van der Waals surface area contributed by atoms with E-state index in [1.165, 1.54) is 42.8 Å². The Kier molecular flexibility index (Phi) is 3.59. The average Bonchev–Trinajstić information content (AvgIpc) is 2.80. The zero-order valence-electron chi connectivity index (χ0n) is 10.7. The Morgan fingerprint density at radius 3 is 2.94 bits per heavy atom. The standard InChI is InChI=1S/C12H16N2.C2H6/c1-9-4-6-13-10-5-8-14-7-2-3-11(14)12(9)10;1-2/h4,6,11H,2-3,5,7-8H2,1H3;1-2H3. The number of hydrogen-bond acceptors (Lipinski definition) is 2. The van der Waals surface area contributed by atoms with Gasteiger partial charge >= 0.3 is 0 Å². The Labute approximate surface area is 98.7 Å². The molecule has 3 heterocycles. The molecule has 0 N–H and O–H groups in total. The summed E-state index contributed by atoms with van der Waals surface area (Å²) >= 11 is 0. The highest BCUT2D eigenvalue weighted by molar-refractivity contribution is 5.34. The van der Waals surface area contributed by atoms with Crippen molar-refractivity contribution in [3.8, 4) is 0 Å². The molecular formula is C14H22N2. The van der Waals surface area contributed by atoms with E-state index in [0.717, 1.165) is 6.42 Å². The van der Waals surface area contributed by atoms with E-state index in [1.54, 1.807) is 0 Å². The molecule has 0 aromatic carbocycles. The lowest BCUT2D eigenvalue weighted by Crippen LogP contribution is -2.32. The van der Waals surface area contributed by atoms with Crippen molar-refractivity contribution in [2.24, 2.45) is 0 Å². The van der Waals surface area contributed by atoms with Crippen LogP contribution in [-0.4, -0.2) is 23.0 Å². The van der Waals surface area contributed by atoms with Crippen molar-refractivity contribution < 1.29 is 0 Å². The summed E-state index contributed by atoms with van der Waals surface area (Å²) in [4.78, 5) is 7.14. The Bertz CT molecular complexity index is 360. The van der Waals surface area contributed by atoms with Gasteiger partial charge in [0.2, 0.25) is 0 Å². The highest BCUT2D eigenvalue weighted by Gasteiger charge is 2.32. The van der Waals surface area contributed by atoms with Crippen LogP contribution in [0.3, 0.4) is 0 Å². The summed E-state index contributed by atoms with van der Waals surface area (Å²) < 4.78 is 0. The molecule has 2 nitrogen and oxygen atoms in total. The monoisotopic (exact) mass is 218 g/mol. The van der Waals surface area contributed by atoms with Gasteiger partial charge in [-0.05, 0) is 43.5 Å². The molecular weight excluding hydrogens is 196 g/mol. The minimum absolute atomic E-state index is 0.687. The lowest BCUT2D eigenvalue weighted by atomic mass is 9.93. The fourth-order valence-electron chi connectivity index (χ4n) is 2.95. The van der Waals surface area contributed by atoms with Crippen LogP contribution in [-0.2, 0) is 6.42 Å². The number of fused-ring (bicyclic) bond motifs is 3. The average molecular weight is 218 g/mol. The Morgan fingerprint density at radius 2 is 2.12 bits per heavy atom. The molecule has 0 radical (unpaired) electrons. The van der Waals surface area contributed by atoms with E-state index < -0.39 is 0 Å². The van der Waals surface area contributed by atoms with Gasteiger partial charge in [-0.2, -0.15) is 0 Å². The minimum Gasteiger partial charge on any atom is -0.296 e. The fraction of sp³-hybridized carbons (Fsp3) is 0.643. The van der Waals surface area contributed by atoms with Gasteiger partial charge in [0.1, 0.15) is 0 Å². The van der Waals surface area contributed by atoms with E-state index in [4.69, 9.17) is 0 Å². The van der Waals surface area contributed by atoms with Crippen molar-refractivity contribution in [3.63, 3.8) is 0 Å². The fourth-order valence-corrected chi connectivity index (χ4v) is 2.95. The van der Waals surface area contributed by atoms with Gasteiger partial charge in [0.25, 0.3) is 0 Å². The van der Waals surface area contributed by atoms with Crippen LogP contribution in [0.4, 0.5) is 0 Å². The molecule has 1 saturated heterocycles. The molecule has 0 amide bonds. The van der Waals surface area contributed by atoms with Crippen LogP contribution in [0.25, 0.3) is 0 Å². The predicted molar refractivity (Wildman–Crippen MR) is 67.6 cm³/mol. The second kappa shape index (κ2) is 4.96. The van der Waals surface area contributed by atoms with Crippen LogP contribution in [0.1, 0.15) is 49.6 Å². The molecule has 1 aromatic rings. The number of rotatable bonds is 0. The zero-order chi connectivity index (χ0) is 11.5. The summed E-state index contributed by atoms with van der Waals surface area (Å²) in [6.45, 7) is 8.73. The molecule has 1 aromatic heterocycles. The Hall–Kier alpha value is -0.890. The van der Waals surface area contributed by atoms with Gasteiger partial charge in [0.15, 0.2) is 0 Å². The van der Waals surface area contributed by atoms with Crippen LogP contribution < -0.4 is 0 Å². The summed E-state index contributed by atoms with van der Waals surface area (Å²) in [5.41, 5.74) is 4.33. The maximum Gasteiger partial charge on any atom is 0.0466 e. The van der Waals surface area contributed by atoms with Crippen molar-refractivity contribution in [2.75, 3.05) is 13.1 Å². The molecule has 0 spiro atoms. The molecule has 16 heavy (non-hydrogen) atoms. The van der Waals surface area contributed by atoms with E-state index in [2.05, 4.69) is 22.9 Å². The molecule has 1 fully saturated rings. The van der Waals surface area contributed by atoms with Crippen molar-refractivity contribution in [1.29, 1.82) is 0 Å². The largest absolute Gasteiger partial charge is 0.296 e. The summed E-state index contributed by atoms with van der Waals surface area (Å²) in [6, 6.07) is 2.84. The Morgan fingerprint density at radius 1 is 1.31 bits per heavy atom. The maximum absolute atomic E-state index is 4.51. The third-order valence-electron chi connectivity index (χ3n) is 3.62. The normalized spacial score (nSPS) is 23.1. The zero-order valence-corrected chi connectivity index (χ0v) is 10.7. The molecule has 1 atom stereocenters. The van der Waals surface area contributed by atoms with Crippen molar-refractivity contribution in [2.45, 2.75) is 46.1 Å². The first-order valence-corrected chi connectivity index (χ1v) is 6.54. The first kappa shape index (κ1) is 11.6. The first-order valence-electron chi connectivity index (χ1n) is 6.54. The van der Waals surface area contributed by atoms with E-state index in [-0.39, 0.29) is 0 Å². The number of nitrogens with zero attached hydrogens (tertiary/aromatic N) is 2. The highest BCUT2D eigenvalue weighted by atomic mass is 15.2. The molecule has 2 heteroatoms. The third kappa shape index (κ3) is 1.86. The lowest BCUT2D eigenvalue weighted by Gasteiger charge is -2.32. The molecule has 3 rings (SSSR count). The van der Waals surface area contributed by atoms with Crippen LogP contribution >= 0.6 is 0 Å². The van der Waals surface area contributed by atoms with Crippen molar-refractivity contribution in [1.82, 2.24) is 9.88 Å². The van der Waals surface area contributed by atoms with Crippen LogP contribution in [0.2, 0.25) is 0 Å². The highest BCUT2D eigenvalue weighted by Crippen LogP contribution is 2.38. The van der Waals surface area contributed by atoms with E-state index in [0.29, 0.717) is 6.04 Å². The first-order chi connectivity index (χ1) is 7.86. The summed E-state index contributed by atoms with van der Waals surface area (Å²) in [5.74, 6) is 0. The van der Waals surface area contributed by atoms with Gasteiger partial charge in [-0.1, -0.05) is 13.8 Å². The molecule has 88 valence electrons. The topological polar surface area (TPSA) is 16.1 Å². The second-order valence-electron chi connectivity index (χ2n) is 4.43. The summed E-state index contributed by atoms with van der Waals surface area (Å²) in [6.07, 6.45) is 5.80. The van der Waals surface area contributed by atoms with Gasteiger partial charge in [0, 0.05) is 30.9 Å². The van der Waals surface area contributed by atoms with Gasteiger partial charge in [-0.25, -0.2) is 0 Å². The van der Waals surface area contributed by atoms with Gasteiger partial charge in [-0.15, -0.1) is 0 Å². The van der Waals surface area contributed by atoms with E-state index in [1.807, 2.05) is 20.0 Å². The van der Waals surface area contributed by atoms with Gasteiger partial charge < -0.3 is 0 Å². The van der Waals surface area contributed by atoms with Crippen molar-refractivity contribution >= 4 is 0 Å². The van der Waals surface area contributed by atoms with E-state index in [9.17, 15) is 0 Å². The minimum atomic E-state index is 0.687. The van der Waals surface area contributed by atoms with Gasteiger partial charge in [-0.3, -0.25) is 9.88 Å². The quantitative estimate of drug-likeness (QED) is 0.665. The number of aromatic nitrogens is 1. The number of hydrogen-bond donors (Lipinski definition) is 0. The summed E-state index contributed by atoms with van der Waals surface area (Å²) in [7, 11) is 0. The molecule has 0 saturated carbocycles. The maximum atomic E-state index is 4.51. The van der Waals surface area contributed by atoms with Crippen LogP contribution in [0.15, 0.2) is 12.3 Å². The molecule has 2 aliphatic rings.